The van der Waals surface area contributed by atoms with E-state index in [2.05, 4.69) is 19.2 Å². The minimum atomic E-state index is -0.843. The summed E-state index contributed by atoms with van der Waals surface area (Å²) in [5.41, 5.74) is 0. The van der Waals surface area contributed by atoms with Gasteiger partial charge in [-0.15, -0.1) is 0 Å². The Bertz CT molecular complexity index is 1270. The first-order chi connectivity index (χ1) is 41.5. The van der Waals surface area contributed by atoms with Crippen LogP contribution in [0.25, 0.3) is 0 Å². The lowest BCUT2D eigenvalue weighted by atomic mass is 10.0. The van der Waals surface area contributed by atoms with Crippen LogP contribution < -0.4 is 5.32 Å². The Morgan fingerprint density at radius 2 is 0.548 bits per heavy atom. The largest absolute Gasteiger partial charge is 0.466 e. The second-order valence-corrected chi connectivity index (χ2v) is 27.1. The molecule has 0 aliphatic carbocycles. The standard InChI is InChI=1S/C78H153NO5/c1-3-5-7-9-11-13-15-17-18-19-20-21-22-31-34-37-40-43-47-50-54-58-62-66-70-76(81)75(74-80)79-77(82)71-67-63-59-55-51-48-44-41-38-35-32-29-27-25-23-24-26-28-30-33-36-39-42-45-49-53-57-61-65-69-73-84-78(83)72-68-64-60-56-52-46-16-14-12-10-8-6-4-2/h66,70,75-76,80-81H,3-65,67-69,71-74H2,1-2H3,(H,79,82)/b70-66+. The third-order valence-corrected chi connectivity index (χ3v) is 18.6. The van der Waals surface area contributed by atoms with Crippen molar-refractivity contribution in [2.24, 2.45) is 0 Å². The zero-order chi connectivity index (χ0) is 60.6. The highest BCUT2D eigenvalue weighted by Gasteiger charge is 2.18. The van der Waals surface area contributed by atoms with Gasteiger partial charge in [0.15, 0.2) is 0 Å². The van der Waals surface area contributed by atoms with E-state index in [0.29, 0.717) is 19.4 Å². The Hall–Kier alpha value is -1.40. The lowest BCUT2D eigenvalue weighted by molar-refractivity contribution is -0.143. The van der Waals surface area contributed by atoms with Crippen LogP contribution in [0.3, 0.4) is 0 Å². The first-order valence-electron chi connectivity index (χ1n) is 39.0. The Balaban J connectivity index is 3.36. The molecule has 0 heterocycles. The highest BCUT2D eigenvalue weighted by atomic mass is 16.5. The van der Waals surface area contributed by atoms with E-state index in [1.54, 1.807) is 6.08 Å². The number of esters is 1. The normalized spacial score (nSPS) is 12.5. The summed E-state index contributed by atoms with van der Waals surface area (Å²) in [6.07, 6.45) is 93.3. The van der Waals surface area contributed by atoms with Crippen LogP contribution >= 0.6 is 0 Å². The number of aliphatic hydroxyl groups is 2. The van der Waals surface area contributed by atoms with Crippen molar-refractivity contribution in [3.8, 4) is 0 Å². The highest BCUT2D eigenvalue weighted by molar-refractivity contribution is 5.76. The van der Waals surface area contributed by atoms with Crippen molar-refractivity contribution in [3.05, 3.63) is 12.2 Å². The fourth-order valence-electron chi connectivity index (χ4n) is 12.6. The van der Waals surface area contributed by atoms with E-state index < -0.39 is 12.1 Å². The molecule has 0 radical (unpaired) electrons. The molecule has 3 N–H and O–H groups in total. The number of hydrogen-bond acceptors (Lipinski definition) is 5. The summed E-state index contributed by atoms with van der Waals surface area (Å²) in [5.74, 6) is -0.0358. The van der Waals surface area contributed by atoms with Crippen LogP contribution in [-0.4, -0.2) is 47.4 Å². The van der Waals surface area contributed by atoms with Crippen molar-refractivity contribution in [2.75, 3.05) is 13.2 Å². The second-order valence-electron chi connectivity index (χ2n) is 27.1. The molecule has 0 aromatic heterocycles. The topological polar surface area (TPSA) is 95.9 Å². The van der Waals surface area contributed by atoms with Gasteiger partial charge in [-0.25, -0.2) is 0 Å². The zero-order valence-corrected chi connectivity index (χ0v) is 57.4. The summed E-state index contributed by atoms with van der Waals surface area (Å²) in [5, 5.41) is 23.3. The van der Waals surface area contributed by atoms with Gasteiger partial charge in [-0.1, -0.05) is 418 Å². The number of rotatable bonds is 74. The Morgan fingerprint density at radius 1 is 0.321 bits per heavy atom. The molecule has 0 bridgehead atoms. The molecule has 6 nitrogen and oxygen atoms in total. The number of carbonyl (C=O) groups is 2. The van der Waals surface area contributed by atoms with Gasteiger partial charge in [0, 0.05) is 12.8 Å². The molecule has 0 aliphatic rings. The number of amides is 1. The van der Waals surface area contributed by atoms with Gasteiger partial charge in [-0.05, 0) is 32.1 Å². The average molecular weight is 1190 g/mol. The lowest BCUT2D eigenvalue weighted by Crippen LogP contribution is -2.45. The summed E-state index contributed by atoms with van der Waals surface area (Å²) < 4.78 is 5.50. The molecule has 0 aromatic carbocycles. The number of unbranched alkanes of at least 4 members (excludes halogenated alkanes) is 63. The van der Waals surface area contributed by atoms with Gasteiger partial charge in [-0.3, -0.25) is 9.59 Å². The van der Waals surface area contributed by atoms with Crippen LogP contribution in [0.4, 0.5) is 0 Å². The van der Waals surface area contributed by atoms with Gasteiger partial charge in [-0.2, -0.15) is 0 Å². The van der Waals surface area contributed by atoms with Crippen molar-refractivity contribution < 1.29 is 24.5 Å². The SMILES string of the molecule is CCCCCCCCCCCCCCCCCCCCCCCC/C=C/C(O)C(CO)NC(=O)CCCCCCCCCCCCCCCCCCCCCCCCCCCCCCCCOC(=O)CCCCCCCCCCCCCCC. The maximum Gasteiger partial charge on any atom is 0.305 e. The van der Waals surface area contributed by atoms with Crippen LogP contribution in [-0.2, 0) is 14.3 Å². The quantitative estimate of drug-likeness (QED) is 0.0320. The van der Waals surface area contributed by atoms with E-state index in [0.717, 1.165) is 38.5 Å². The molecule has 2 unspecified atom stereocenters. The van der Waals surface area contributed by atoms with E-state index in [1.807, 2.05) is 6.08 Å². The number of aliphatic hydroxyl groups excluding tert-OH is 2. The fraction of sp³-hybridized carbons (Fsp3) is 0.949. The van der Waals surface area contributed by atoms with E-state index in [1.165, 1.54) is 385 Å². The molecule has 0 saturated carbocycles. The van der Waals surface area contributed by atoms with E-state index in [-0.39, 0.29) is 18.5 Å². The van der Waals surface area contributed by atoms with Crippen molar-refractivity contribution >= 4 is 11.9 Å². The van der Waals surface area contributed by atoms with Gasteiger partial charge in [0.05, 0.1) is 25.4 Å². The van der Waals surface area contributed by atoms with Crippen molar-refractivity contribution in [1.29, 1.82) is 0 Å². The average Bonchev–Trinajstić information content (AvgIpc) is 3.53. The Kier molecular flexibility index (Phi) is 72.8. The molecule has 6 heteroatoms. The minimum Gasteiger partial charge on any atom is -0.466 e. The molecule has 0 rings (SSSR count). The molecule has 1 amide bonds. The van der Waals surface area contributed by atoms with Crippen LogP contribution in [0.1, 0.15) is 450 Å². The predicted octanol–water partition coefficient (Wildman–Crippen LogP) is 25.5. The first kappa shape index (κ1) is 82.6. The molecule has 0 aliphatic heterocycles. The van der Waals surface area contributed by atoms with Crippen molar-refractivity contribution in [3.63, 3.8) is 0 Å². The molecular weight excluding hydrogens is 1030 g/mol. The summed E-state index contributed by atoms with van der Waals surface area (Å²) >= 11 is 0. The number of ether oxygens (including phenoxy) is 1. The molecule has 500 valence electrons. The van der Waals surface area contributed by atoms with Gasteiger partial charge < -0.3 is 20.3 Å². The van der Waals surface area contributed by atoms with Crippen LogP contribution in [0, 0.1) is 0 Å². The highest BCUT2D eigenvalue weighted by Crippen LogP contribution is 2.20. The van der Waals surface area contributed by atoms with Crippen LogP contribution in [0.15, 0.2) is 12.2 Å². The van der Waals surface area contributed by atoms with Crippen molar-refractivity contribution in [2.45, 2.75) is 463 Å². The van der Waals surface area contributed by atoms with Crippen LogP contribution in [0.2, 0.25) is 0 Å². The molecule has 2 atom stereocenters. The van der Waals surface area contributed by atoms with E-state index in [4.69, 9.17) is 4.74 Å². The van der Waals surface area contributed by atoms with Crippen LogP contribution in [0.5, 0.6) is 0 Å². The number of carbonyl (C=O) groups excluding carboxylic acids is 2. The Morgan fingerprint density at radius 3 is 0.810 bits per heavy atom. The third kappa shape index (κ3) is 69.7. The maximum absolute atomic E-state index is 12.6. The number of allylic oxidation sites excluding steroid dienone is 1. The Labute approximate surface area is 527 Å². The second kappa shape index (κ2) is 74.1. The summed E-state index contributed by atoms with van der Waals surface area (Å²) in [4.78, 5) is 24.6. The molecular formula is C78H153NO5. The van der Waals surface area contributed by atoms with E-state index in [9.17, 15) is 19.8 Å². The van der Waals surface area contributed by atoms with Gasteiger partial charge in [0.1, 0.15) is 0 Å². The number of nitrogens with one attached hydrogen (secondary N) is 1. The van der Waals surface area contributed by atoms with Gasteiger partial charge in [0.25, 0.3) is 0 Å². The summed E-state index contributed by atoms with van der Waals surface area (Å²) in [6.45, 7) is 4.96. The smallest absolute Gasteiger partial charge is 0.305 e. The van der Waals surface area contributed by atoms with Crippen molar-refractivity contribution in [1.82, 2.24) is 5.32 Å². The summed E-state index contributed by atoms with van der Waals surface area (Å²) in [6, 6.07) is -0.626. The van der Waals surface area contributed by atoms with Gasteiger partial charge in [0.2, 0.25) is 5.91 Å². The molecule has 0 spiro atoms. The van der Waals surface area contributed by atoms with Gasteiger partial charge >= 0.3 is 5.97 Å². The number of hydrogen-bond donors (Lipinski definition) is 3. The molecule has 84 heavy (non-hydrogen) atoms. The molecule has 0 fully saturated rings. The minimum absolute atomic E-state index is 0.0225. The maximum atomic E-state index is 12.6. The lowest BCUT2D eigenvalue weighted by Gasteiger charge is -2.20. The first-order valence-corrected chi connectivity index (χ1v) is 39.0. The molecule has 0 saturated heterocycles. The third-order valence-electron chi connectivity index (χ3n) is 18.6. The zero-order valence-electron chi connectivity index (χ0n) is 57.4. The molecule has 0 aromatic rings. The fourth-order valence-corrected chi connectivity index (χ4v) is 12.6. The monoisotopic (exact) mass is 1180 g/mol. The van der Waals surface area contributed by atoms with E-state index >= 15 is 0 Å². The summed E-state index contributed by atoms with van der Waals surface area (Å²) in [7, 11) is 0. The predicted molar refractivity (Wildman–Crippen MR) is 370 cm³/mol.